The molecule has 0 aliphatic rings. The Morgan fingerprint density at radius 1 is 1.29 bits per heavy atom. The molecular weight excluding hydrogens is 338 g/mol. The molecule has 2 heterocycles. The Kier molecular flexibility index (Phi) is 5.21. The number of aliphatic imine (C=N–C) groups is 1. The van der Waals surface area contributed by atoms with Crippen molar-refractivity contribution in [1.82, 2.24) is 15.3 Å². The minimum Gasteiger partial charge on any atom is -0.271 e. The van der Waals surface area contributed by atoms with Gasteiger partial charge in [0, 0.05) is 28.9 Å². The number of rotatable bonds is 3. The fourth-order valence-corrected chi connectivity index (χ4v) is 3.22. The van der Waals surface area contributed by atoms with Crippen molar-refractivity contribution in [1.29, 1.82) is 5.26 Å². The number of nitriles is 1. The van der Waals surface area contributed by atoms with Crippen LogP contribution in [0.4, 0.5) is 5.69 Å². The number of amidine groups is 1. The zero-order valence-electron chi connectivity index (χ0n) is 12.8. The lowest BCUT2D eigenvalue weighted by molar-refractivity contribution is 1.28. The summed E-state index contributed by atoms with van der Waals surface area (Å²) in [6, 6.07) is 11.7. The van der Waals surface area contributed by atoms with Crippen LogP contribution in [0.3, 0.4) is 0 Å². The van der Waals surface area contributed by atoms with Crippen molar-refractivity contribution in [2.45, 2.75) is 0 Å². The van der Waals surface area contributed by atoms with E-state index in [2.05, 4.69) is 20.3 Å². The van der Waals surface area contributed by atoms with Crippen LogP contribution in [0.25, 0.3) is 21.8 Å². The molecule has 0 aliphatic heterocycles. The molecule has 1 N–H and O–H groups in total. The smallest absolute Gasteiger partial charge is 0.183 e. The van der Waals surface area contributed by atoms with Gasteiger partial charge in [0.15, 0.2) is 11.4 Å². The van der Waals surface area contributed by atoms with E-state index in [1.54, 1.807) is 23.7 Å². The SMILES string of the molecule is CSC(=Nc1cccc(-c2nc(-c3cccnc3)cs2)c1)NC#N. The first-order valence-electron chi connectivity index (χ1n) is 7.04. The molecule has 0 atom stereocenters. The summed E-state index contributed by atoms with van der Waals surface area (Å²) in [7, 11) is 0. The highest BCUT2D eigenvalue weighted by molar-refractivity contribution is 8.13. The number of aromatic nitrogens is 2. The summed E-state index contributed by atoms with van der Waals surface area (Å²) in [5.41, 5.74) is 3.68. The molecular formula is C17H13N5S2. The molecule has 0 saturated carbocycles. The molecule has 0 amide bonds. The maximum Gasteiger partial charge on any atom is 0.183 e. The zero-order valence-corrected chi connectivity index (χ0v) is 14.4. The topological polar surface area (TPSA) is 74.0 Å². The number of hydrogen-bond acceptors (Lipinski definition) is 6. The second kappa shape index (κ2) is 7.73. The van der Waals surface area contributed by atoms with Crippen LogP contribution in [0.5, 0.6) is 0 Å². The highest BCUT2D eigenvalue weighted by Gasteiger charge is 2.07. The molecule has 3 rings (SSSR count). The molecule has 2 aromatic heterocycles. The Labute approximate surface area is 148 Å². The molecule has 24 heavy (non-hydrogen) atoms. The van der Waals surface area contributed by atoms with E-state index < -0.39 is 0 Å². The van der Waals surface area contributed by atoms with Crippen molar-refractivity contribution in [3.8, 4) is 28.0 Å². The van der Waals surface area contributed by atoms with E-state index in [0.717, 1.165) is 27.5 Å². The summed E-state index contributed by atoms with van der Waals surface area (Å²) in [5, 5.41) is 14.8. The van der Waals surface area contributed by atoms with Crippen molar-refractivity contribution in [2.24, 2.45) is 4.99 Å². The third-order valence-corrected chi connectivity index (χ3v) is 4.61. The van der Waals surface area contributed by atoms with Crippen LogP contribution in [0.1, 0.15) is 0 Å². The maximum atomic E-state index is 8.72. The lowest BCUT2D eigenvalue weighted by Crippen LogP contribution is -2.12. The van der Waals surface area contributed by atoms with Gasteiger partial charge in [0.2, 0.25) is 0 Å². The lowest BCUT2D eigenvalue weighted by atomic mass is 10.2. The summed E-state index contributed by atoms with van der Waals surface area (Å²) < 4.78 is 0. The summed E-state index contributed by atoms with van der Waals surface area (Å²) in [4.78, 5) is 13.2. The highest BCUT2D eigenvalue weighted by Crippen LogP contribution is 2.30. The number of thioether (sulfide) groups is 1. The predicted molar refractivity (Wildman–Crippen MR) is 100 cm³/mol. The van der Waals surface area contributed by atoms with Gasteiger partial charge in [-0.1, -0.05) is 23.9 Å². The number of benzene rings is 1. The second-order valence-corrected chi connectivity index (χ2v) is 6.34. The summed E-state index contributed by atoms with van der Waals surface area (Å²) >= 11 is 2.97. The lowest BCUT2D eigenvalue weighted by Gasteiger charge is -2.02. The monoisotopic (exact) mass is 351 g/mol. The Balaban J connectivity index is 1.90. The Hall–Kier alpha value is -2.69. The molecule has 0 spiro atoms. The van der Waals surface area contributed by atoms with E-state index in [4.69, 9.17) is 5.26 Å². The van der Waals surface area contributed by atoms with Gasteiger partial charge in [-0.15, -0.1) is 11.3 Å². The first kappa shape index (κ1) is 16.2. The molecule has 3 aromatic rings. The van der Waals surface area contributed by atoms with E-state index >= 15 is 0 Å². The van der Waals surface area contributed by atoms with E-state index in [0.29, 0.717) is 5.17 Å². The van der Waals surface area contributed by atoms with Crippen LogP contribution < -0.4 is 5.32 Å². The van der Waals surface area contributed by atoms with Crippen LogP contribution in [0.2, 0.25) is 0 Å². The summed E-state index contributed by atoms with van der Waals surface area (Å²) in [5.74, 6) is 0. The first-order valence-corrected chi connectivity index (χ1v) is 9.15. The van der Waals surface area contributed by atoms with Gasteiger partial charge in [0.05, 0.1) is 11.4 Å². The van der Waals surface area contributed by atoms with Crippen molar-refractivity contribution in [3.63, 3.8) is 0 Å². The van der Waals surface area contributed by atoms with Gasteiger partial charge in [-0.3, -0.25) is 10.3 Å². The molecule has 1 aromatic carbocycles. The van der Waals surface area contributed by atoms with E-state index in [1.165, 1.54) is 11.8 Å². The highest BCUT2D eigenvalue weighted by atomic mass is 32.2. The Morgan fingerprint density at radius 2 is 2.17 bits per heavy atom. The van der Waals surface area contributed by atoms with Gasteiger partial charge in [-0.05, 0) is 30.5 Å². The van der Waals surface area contributed by atoms with Gasteiger partial charge in [-0.2, -0.15) is 5.26 Å². The minimum absolute atomic E-state index is 0.560. The fourth-order valence-electron chi connectivity index (χ4n) is 2.05. The number of hydrogen-bond donors (Lipinski definition) is 1. The number of nitrogens with one attached hydrogen (secondary N) is 1. The molecule has 0 radical (unpaired) electrons. The van der Waals surface area contributed by atoms with Gasteiger partial charge in [-0.25, -0.2) is 9.98 Å². The zero-order chi connectivity index (χ0) is 16.8. The van der Waals surface area contributed by atoms with Crippen molar-refractivity contribution < 1.29 is 0 Å². The number of pyridine rings is 1. The molecule has 0 aliphatic carbocycles. The van der Waals surface area contributed by atoms with Crippen LogP contribution in [-0.4, -0.2) is 21.4 Å². The van der Waals surface area contributed by atoms with Crippen molar-refractivity contribution >= 4 is 34.0 Å². The van der Waals surface area contributed by atoms with E-state index in [1.807, 2.05) is 54.2 Å². The van der Waals surface area contributed by atoms with Crippen molar-refractivity contribution in [2.75, 3.05) is 6.26 Å². The molecule has 0 saturated heterocycles. The molecule has 7 heteroatoms. The van der Waals surface area contributed by atoms with Crippen LogP contribution in [-0.2, 0) is 0 Å². The van der Waals surface area contributed by atoms with Crippen LogP contribution in [0.15, 0.2) is 59.2 Å². The normalized spacial score (nSPS) is 11.1. The third-order valence-electron chi connectivity index (χ3n) is 3.14. The predicted octanol–water partition coefficient (Wildman–Crippen LogP) is 4.29. The van der Waals surface area contributed by atoms with E-state index in [-0.39, 0.29) is 0 Å². The molecule has 5 nitrogen and oxygen atoms in total. The van der Waals surface area contributed by atoms with Crippen LogP contribution in [0, 0.1) is 11.5 Å². The van der Waals surface area contributed by atoms with Gasteiger partial charge < -0.3 is 0 Å². The first-order chi connectivity index (χ1) is 11.8. The average molecular weight is 351 g/mol. The number of thiazole rings is 1. The van der Waals surface area contributed by atoms with Crippen molar-refractivity contribution in [3.05, 3.63) is 54.2 Å². The Bertz CT molecular complexity index is 897. The molecule has 0 unspecified atom stereocenters. The summed E-state index contributed by atoms with van der Waals surface area (Å²) in [6.45, 7) is 0. The Morgan fingerprint density at radius 3 is 2.92 bits per heavy atom. The fraction of sp³-hybridized carbons (Fsp3) is 0.0588. The molecule has 0 bridgehead atoms. The third kappa shape index (κ3) is 3.79. The van der Waals surface area contributed by atoms with Gasteiger partial charge >= 0.3 is 0 Å². The summed E-state index contributed by atoms with van der Waals surface area (Å²) in [6.07, 6.45) is 7.31. The largest absolute Gasteiger partial charge is 0.271 e. The quantitative estimate of drug-likeness (QED) is 0.330. The average Bonchev–Trinajstić information content (AvgIpc) is 3.12. The molecule has 0 fully saturated rings. The number of nitrogens with zero attached hydrogens (tertiary/aromatic N) is 4. The van der Waals surface area contributed by atoms with Gasteiger partial charge in [0.25, 0.3) is 0 Å². The van der Waals surface area contributed by atoms with Gasteiger partial charge in [0.1, 0.15) is 5.01 Å². The standard InChI is InChI=1S/C17H13N5S2/c1-23-17(20-11-18)21-14-6-2-4-12(8-14)16-22-15(10-24-16)13-5-3-7-19-9-13/h2-10H,1H3,(H,20,21). The van der Waals surface area contributed by atoms with Crippen LogP contribution >= 0.6 is 23.1 Å². The second-order valence-electron chi connectivity index (χ2n) is 4.69. The maximum absolute atomic E-state index is 8.72. The van der Waals surface area contributed by atoms with E-state index in [9.17, 15) is 0 Å². The minimum atomic E-state index is 0.560. The molecule has 118 valence electrons.